The van der Waals surface area contributed by atoms with E-state index in [2.05, 4.69) is 54.6 Å². The Morgan fingerprint density at radius 2 is 1.96 bits per heavy atom. The molecule has 1 aromatic heterocycles. The van der Waals surface area contributed by atoms with Crippen molar-refractivity contribution in [2.45, 2.75) is 77.5 Å². The molecule has 6 nitrogen and oxygen atoms in total. The van der Waals surface area contributed by atoms with Crippen molar-refractivity contribution in [2.24, 2.45) is 0 Å². The molecule has 2 heterocycles. The van der Waals surface area contributed by atoms with E-state index < -0.39 is 0 Å². The predicted octanol–water partition coefficient (Wildman–Crippen LogP) is 3.73. The summed E-state index contributed by atoms with van der Waals surface area (Å²) in [7, 11) is 0. The summed E-state index contributed by atoms with van der Waals surface area (Å²) >= 11 is 5.38. The molecule has 1 amide bonds. The fourth-order valence-corrected chi connectivity index (χ4v) is 4.69. The first-order chi connectivity index (χ1) is 13.0. The molecule has 2 aromatic rings. The number of benzene rings is 1. The van der Waals surface area contributed by atoms with Crippen LogP contribution >= 0.6 is 12.2 Å². The molecular weight excluding hydrogens is 370 g/mol. The largest absolute Gasteiger partial charge is 0.353 e. The second kappa shape index (κ2) is 7.79. The fourth-order valence-electron chi connectivity index (χ4n) is 4.47. The lowest BCUT2D eigenvalue weighted by Gasteiger charge is -2.46. The number of aromatic amines is 1. The molecular formula is C21H31N5OS. The first kappa shape index (κ1) is 20.7. The van der Waals surface area contributed by atoms with E-state index in [-0.39, 0.29) is 23.0 Å². The van der Waals surface area contributed by atoms with Crippen LogP contribution in [0.4, 0.5) is 0 Å². The van der Waals surface area contributed by atoms with Gasteiger partial charge < -0.3 is 10.6 Å². The Morgan fingerprint density at radius 1 is 1.29 bits per heavy atom. The van der Waals surface area contributed by atoms with E-state index in [4.69, 9.17) is 12.2 Å². The van der Waals surface area contributed by atoms with Crippen molar-refractivity contribution in [1.82, 2.24) is 25.4 Å². The van der Waals surface area contributed by atoms with Crippen molar-refractivity contribution in [3.63, 3.8) is 0 Å². The lowest BCUT2D eigenvalue weighted by atomic mass is 9.79. The number of amides is 1. The highest BCUT2D eigenvalue weighted by molar-refractivity contribution is 7.71. The number of hydrogen-bond acceptors (Lipinski definition) is 4. The van der Waals surface area contributed by atoms with Gasteiger partial charge in [0.25, 0.3) is 0 Å². The van der Waals surface area contributed by atoms with Gasteiger partial charge in [0.1, 0.15) is 0 Å². The average Bonchev–Trinajstić information content (AvgIpc) is 2.90. The molecule has 0 unspecified atom stereocenters. The van der Waals surface area contributed by atoms with Gasteiger partial charge in [-0.1, -0.05) is 23.8 Å². The second-order valence-electron chi connectivity index (χ2n) is 9.19. The normalized spacial score (nSPS) is 18.8. The molecule has 0 aliphatic carbocycles. The molecule has 1 saturated heterocycles. The van der Waals surface area contributed by atoms with Crippen LogP contribution in [-0.4, -0.2) is 37.8 Å². The molecule has 3 rings (SSSR count). The highest BCUT2D eigenvalue weighted by atomic mass is 32.1. The molecule has 152 valence electrons. The first-order valence-corrected chi connectivity index (χ1v) is 10.3. The molecule has 1 aliphatic rings. The van der Waals surface area contributed by atoms with Crippen molar-refractivity contribution in [1.29, 1.82) is 0 Å². The topological polar surface area (TPSA) is 74.7 Å². The van der Waals surface area contributed by atoms with Crippen LogP contribution in [0.3, 0.4) is 0 Å². The van der Waals surface area contributed by atoms with Gasteiger partial charge in [-0.25, -0.2) is 0 Å². The van der Waals surface area contributed by atoms with Crippen LogP contribution in [-0.2, 0) is 11.3 Å². The van der Waals surface area contributed by atoms with Gasteiger partial charge in [-0.05, 0) is 65.7 Å². The zero-order valence-corrected chi connectivity index (χ0v) is 18.2. The van der Waals surface area contributed by atoms with Crippen molar-refractivity contribution < 1.29 is 4.79 Å². The molecule has 1 aliphatic heterocycles. The number of nitrogens with zero attached hydrogens (tertiary/aromatic N) is 2. The summed E-state index contributed by atoms with van der Waals surface area (Å²) in [6.07, 6.45) is 2.21. The van der Waals surface area contributed by atoms with Crippen LogP contribution < -0.4 is 10.6 Å². The Hall–Kier alpha value is -1.99. The van der Waals surface area contributed by atoms with Crippen LogP contribution in [0.25, 0.3) is 11.4 Å². The van der Waals surface area contributed by atoms with Gasteiger partial charge in [-0.3, -0.25) is 14.5 Å². The van der Waals surface area contributed by atoms with Crippen molar-refractivity contribution in [3.8, 4) is 11.4 Å². The van der Waals surface area contributed by atoms with E-state index in [1.54, 1.807) is 0 Å². The summed E-state index contributed by atoms with van der Waals surface area (Å²) in [5.74, 6) is 0.822. The third-order valence-electron chi connectivity index (χ3n) is 5.15. The SMILES string of the molecule is Cc1cccc(-c2n[nH]c(=S)n2CCC(=O)NC2CC(C)(C)NC(C)(C)C2)c1. The third kappa shape index (κ3) is 5.08. The molecule has 3 N–H and O–H groups in total. The maximum Gasteiger partial charge on any atom is 0.222 e. The van der Waals surface area contributed by atoms with Crippen LogP contribution in [0.15, 0.2) is 24.3 Å². The molecule has 7 heteroatoms. The maximum atomic E-state index is 12.6. The van der Waals surface area contributed by atoms with Gasteiger partial charge >= 0.3 is 0 Å². The number of carbonyl (C=O) groups excluding carboxylic acids is 1. The molecule has 0 spiro atoms. The van der Waals surface area contributed by atoms with Crippen LogP contribution in [0.1, 0.15) is 52.5 Å². The van der Waals surface area contributed by atoms with E-state index in [9.17, 15) is 4.79 Å². The lowest BCUT2D eigenvalue weighted by molar-refractivity contribution is -0.122. The first-order valence-electron chi connectivity index (χ1n) is 9.86. The molecule has 0 atom stereocenters. The number of hydrogen-bond donors (Lipinski definition) is 3. The standard InChI is InChI=1S/C21H31N5OS/c1-14-7-6-8-15(11-14)18-23-24-19(28)26(18)10-9-17(27)22-16-12-20(2,3)25-21(4,5)13-16/h6-8,11,16,25H,9-10,12-13H2,1-5H3,(H,22,27)(H,24,28). The highest BCUT2D eigenvalue weighted by Gasteiger charge is 2.38. The minimum absolute atomic E-state index is 0.00509. The summed E-state index contributed by atoms with van der Waals surface area (Å²) < 4.78 is 2.44. The van der Waals surface area contributed by atoms with Crippen molar-refractivity contribution in [2.75, 3.05) is 0 Å². The minimum atomic E-state index is 0.00509. The fraction of sp³-hybridized carbons (Fsp3) is 0.571. The smallest absolute Gasteiger partial charge is 0.222 e. The van der Waals surface area contributed by atoms with Crippen LogP contribution in [0.5, 0.6) is 0 Å². The Bertz CT molecular complexity index is 896. The van der Waals surface area contributed by atoms with Crippen LogP contribution in [0.2, 0.25) is 0 Å². The zero-order chi connectivity index (χ0) is 20.5. The molecule has 0 saturated carbocycles. The Kier molecular flexibility index (Phi) is 5.77. The predicted molar refractivity (Wildman–Crippen MR) is 115 cm³/mol. The van der Waals surface area contributed by atoms with E-state index in [1.807, 2.05) is 29.7 Å². The van der Waals surface area contributed by atoms with E-state index in [0.717, 1.165) is 29.8 Å². The number of nitrogens with one attached hydrogen (secondary N) is 3. The Labute approximate surface area is 172 Å². The number of piperidine rings is 1. The number of aryl methyl sites for hydroxylation is 1. The van der Waals surface area contributed by atoms with Crippen molar-refractivity contribution in [3.05, 3.63) is 34.6 Å². The zero-order valence-electron chi connectivity index (χ0n) is 17.4. The molecule has 0 bridgehead atoms. The van der Waals surface area contributed by atoms with Gasteiger partial charge in [0.05, 0.1) is 0 Å². The van der Waals surface area contributed by atoms with E-state index >= 15 is 0 Å². The van der Waals surface area contributed by atoms with E-state index in [0.29, 0.717) is 17.7 Å². The highest BCUT2D eigenvalue weighted by Crippen LogP contribution is 2.28. The van der Waals surface area contributed by atoms with Gasteiger partial charge in [0.2, 0.25) is 5.91 Å². The average molecular weight is 402 g/mol. The summed E-state index contributed by atoms with van der Waals surface area (Å²) in [6.45, 7) is 11.3. The van der Waals surface area contributed by atoms with Crippen molar-refractivity contribution >= 4 is 18.1 Å². The minimum Gasteiger partial charge on any atom is -0.353 e. The number of rotatable bonds is 5. The molecule has 0 radical (unpaired) electrons. The number of aromatic nitrogens is 3. The maximum absolute atomic E-state index is 12.6. The molecule has 28 heavy (non-hydrogen) atoms. The Morgan fingerprint density at radius 3 is 2.61 bits per heavy atom. The monoisotopic (exact) mass is 401 g/mol. The summed E-state index contributed by atoms with van der Waals surface area (Å²) in [5, 5.41) is 14.1. The third-order valence-corrected chi connectivity index (χ3v) is 5.46. The summed E-state index contributed by atoms with van der Waals surface area (Å²) in [5.41, 5.74) is 2.16. The summed E-state index contributed by atoms with van der Waals surface area (Å²) in [4.78, 5) is 12.6. The van der Waals surface area contributed by atoms with Gasteiger partial charge in [-0.2, -0.15) is 5.10 Å². The Balaban J connectivity index is 1.66. The van der Waals surface area contributed by atoms with Crippen LogP contribution in [0, 0.1) is 11.7 Å². The van der Waals surface area contributed by atoms with Gasteiger partial charge in [0, 0.05) is 35.6 Å². The molecule has 1 aromatic carbocycles. The van der Waals surface area contributed by atoms with Gasteiger partial charge in [0.15, 0.2) is 10.6 Å². The number of H-pyrrole nitrogens is 1. The lowest BCUT2D eigenvalue weighted by Crippen LogP contribution is -2.62. The molecule has 1 fully saturated rings. The number of carbonyl (C=O) groups is 1. The van der Waals surface area contributed by atoms with Gasteiger partial charge in [-0.15, -0.1) is 0 Å². The summed E-state index contributed by atoms with van der Waals surface area (Å²) in [6, 6.07) is 8.30. The second-order valence-corrected chi connectivity index (χ2v) is 9.58. The van der Waals surface area contributed by atoms with E-state index in [1.165, 1.54) is 0 Å². The quantitative estimate of drug-likeness (QED) is 0.668.